The molecule has 0 saturated heterocycles. The second-order valence-electron chi connectivity index (χ2n) is 8.60. The molecule has 0 unspecified atom stereocenters. The lowest BCUT2D eigenvalue weighted by Gasteiger charge is -2.20. The average Bonchev–Trinajstić information content (AvgIpc) is 2.76. The van der Waals surface area contributed by atoms with E-state index in [2.05, 4.69) is 74.9 Å². The van der Waals surface area contributed by atoms with Crippen LogP contribution in [0.25, 0.3) is 11.1 Å². The van der Waals surface area contributed by atoms with Gasteiger partial charge in [0.15, 0.2) is 11.6 Å². The van der Waals surface area contributed by atoms with E-state index in [-0.39, 0.29) is 17.7 Å². The highest BCUT2D eigenvalue weighted by atomic mass is 16.5. The summed E-state index contributed by atoms with van der Waals surface area (Å²) in [6, 6.07) is 12.7. The molecule has 0 fully saturated rings. The van der Waals surface area contributed by atoms with Crippen molar-refractivity contribution in [3.05, 3.63) is 53.7 Å². The van der Waals surface area contributed by atoms with E-state index in [0.29, 0.717) is 24.0 Å². The third-order valence-corrected chi connectivity index (χ3v) is 5.40. The Labute approximate surface area is 191 Å². The van der Waals surface area contributed by atoms with Crippen LogP contribution in [0.5, 0.6) is 17.2 Å². The first-order valence-electron chi connectivity index (χ1n) is 11.3. The number of hydrogen-bond acceptors (Lipinski definition) is 6. The molecule has 0 aliphatic heterocycles. The molecule has 2 aromatic carbocycles. The summed E-state index contributed by atoms with van der Waals surface area (Å²) in [5, 5.41) is 0. The fourth-order valence-corrected chi connectivity index (χ4v) is 3.43. The van der Waals surface area contributed by atoms with Crippen LogP contribution in [-0.4, -0.2) is 16.6 Å². The van der Waals surface area contributed by atoms with Crippen LogP contribution in [0.2, 0.25) is 0 Å². The number of nitrogens with zero attached hydrogens (tertiary/aromatic N) is 2. The maximum Gasteiger partial charge on any atom is 0.222 e. The molecule has 0 amide bonds. The highest BCUT2D eigenvalue weighted by Gasteiger charge is 2.18. The Balaban J connectivity index is 2.10. The summed E-state index contributed by atoms with van der Waals surface area (Å²) in [5.41, 5.74) is 16.0. The second kappa shape index (κ2) is 10.4. The van der Waals surface area contributed by atoms with E-state index < -0.39 is 0 Å². The van der Waals surface area contributed by atoms with Gasteiger partial charge in [0, 0.05) is 11.1 Å². The van der Waals surface area contributed by atoms with Gasteiger partial charge in [-0.25, -0.2) is 4.98 Å². The van der Waals surface area contributed by atoms with E-state index in [1.165, 1.54) is 11.8 Å². The standard InChI is InChI=1S/C26H34N4O2/c1-6-7-12-31-22-13-20(17(4)5)23(32-24-15-29-26(28)30-25(24)27)14-21(22)19-10-8-18(9-11-19)16(2)3/h8-11,13-17H,6-7,12H2,1-5H3,(H4,27,28,29,30). The minimum Gasteiger partial charge on any atom is -0.493 e. The summed E-state index contributed by atoms with van der Waals surface area (Å²) in [6.45, 7) is 11.5. The lowest BCUT2D eigenvalue weighted by Crippen LogP contribution is -2.04. The molecule has 0 aliphatic carbocycles. The van der Waals surface area contributed by atoms with Crippen LogP contribution in [0.4, 0.5) is 11.8 Å². The summed E-state index contributed by atoms with van der Waals surface area (Å²) in [4.78, 5) is 8.04. The number of aromatic nitrogens is 2. The molecule has 3 aromatic rings. The van der Waals surface area contributed by atoms with Gasteiger partial charge in [0.2, 0.25) is 5.95 Å². The second-order valence-corrected chi connectivity index (χ2v) is 8.60. The number of unbranched alkanes of at least 4 members (excludes halogenated alkanes) is 1. The van der Waals surface area contributed by atoms with Gasteiger partial charge in [-0.1, -0.05) is 65.3 Å². The van der Waals surface area contributed by atoms with Gasteiger partial charge in [-0.05, 0) is 41.5 Å². The Morgan fingerprint density at radius 2 is 1.62 bits per heavy atom. The Hall–Kier alpha value is -3.28. The van der Waals surface area contributed by atoms with Gasteiger partial charge in [0.25, 0.3) is 0 Å². The Kier molecular flexibility index (Phi) is 7.57. The first-order chi connectivity index (χ1) is 15.3. The maximum atomic E-state index is 6.22. The van der Waals surface area contributed by atoms with Gasteiger partial charge in [-0.2, -0.15) is 4.98 Å². The Morgan fingerprint density at radius 1 is 0.906 bits per heavy atom. The Bertz CT molecular complexity index is 1050. The molecule has 3 rings (SSSR count). The zero-order valence-electron chi connectivity index (χ0n) is 19.7. The zero-order valence-corrected chi connectivity index (χ0v) is 19.7. The minimum atomic E-state index is 0.115. The van der Waals surface area contributed by atoms with Crippen molar-refractivity contribution in [3.8, 4) is 28.4 Å². The Morgan fingerprint density at radius 3 is 2.22 bits per heavy atom. The van der Waals surface area contributed by atoms with Crippen molar-refractivity contribution in [2.45, 2.75) is 59.3 Å². The van der Waals surface area contributed by atoms with E-state index in [4.69, 9.17) is 20.9 Å². The van der Waals surface area contributed by atoms with E-state index in [0.717, 1.165) is 35.3 Å². The van der Waals surface area contributed by atoms with Crippen LogP contribution in [0, 0.1) is 0 Å². The highest BCUT2D eigenvalue weighted by molar-refractivity contribution is 5.74. The topological polar surface area (TPSA) is 96.3 Å². The molecule has 170 valence electrons. The number of nitrogens with two attached hydrogens (primary N) is 2. The van der Waals surface area contributed by atoms with Crippen molar-refractivity contribution in [2.24, 2.45) is 0 Å². The van der Waals surface area contributed by atoms with Crippen LogP contribution in [0.3, 0.4) is 0 Å². The van der Waals surface area contributed by atoms with Crippen molar-refractivity contribution in [1.82, 2.24) is 9.97 Å². The SMILES string of the molecule is CCCCOc1cc(C(C)C)c(Oc2cnc(N)nc2N)cc1-c1ccc(C(C)C)cc1. The largest absolute Gasteiger partial charge is 0.493 e. The number of anilines is 2. The molecular formula is C26H34N4O2. The van der Waals surface area contributed by atoms with Crippen LogP contribution in [0.1, 0.15) is 70.4 Å². The molecular weight excluding hydrogens is 400 g/mol. The van der Waals surface area contributed by atoms with Gasteiger partial charge < -0.3 is 20.9 Å². The summed E-state index contributed by atoms with van der Waals surface area (Å²) in [6.07, 6.45) is 3.58. The summed E-state index contributed by atoms with van der Waals surface area (Å²) >= 11 is 0. The zero-order chi connectivity index (χ0) is 23.3. The fraction of sp³-hybridized carbons (Fsp3) is 0.385. The number of nitrogen functional groups attached to an aromatic ring is 2. The van der Waals surface area contributed by atoms with E-state index >= 15 is 0 Å². The molecule has 1 heterocycles. The fourth-order valence-electron chi connectivity index (χ4n) is 3.43. The lowest BCUT2D eigenvalue weighted by molar-refractivity contribution is 0.309. The van der Waals surface area contributed by atoms with Crippen molar-refractivity contribution in [3.63, 3.8) is 0 Å². The van der Waals surface area contributed by atoms with Gasteiger partial charge in [0.05, 0.1) is 12.8 Å². The van der Waals surface area contributed by atoms with Crippen LogP contribution in [0.15, 0.2) is 42.6 Å². The maximum absolute atomic E-state index is 6.22. The van der Waals surface area contributed by atoms with Crippen LogP contribution >= 0.6 is 0 Å². The predicted octanol–water partition coefficient (Wildman–Crippen LogP) is 6.53. The average molecular weight is 435 g/mol. The minimum absolute atomic E-state index is 0.115. The molecule has 6 nitrogen and oxygen atoms in total. The quantitative estimate of drug-likeness (QED) is 0.372. The molecule has 0 bridgehead atoms. The van der Waals surface area contributed by atoms with Gasteiger partial charge in [-0.15, -0.1) is 0 Å². The summed E-state index contributed by atoms with van der Waals surface area (Å²) in [7, 11) is 0. The highest BCUT2D eigenvalue weighted by Crippen LogP contribution is 2.41. The molecule has 32 heavy (non-hydrogen) atoms. The third-order valence-electron chi connectivity index (χ3n) is 5.40. The van der Waals surface area contributed by atoms with E-state index in [9.17, 15) is 0 Å². The molecule has 6 heteroatoms. The molecule has 4 N–H and O–H groups in total. The predicted molar refractivity (Wildman–Crippen MR) is 131 cm³/mol. The summed E-state index contributed by atoms with van der Waals surface area (Å²) < 4.78 is 12.4. The van der Waals surface area contributed by atoms with E-state index in [1.54, 1.807) is 0 Å². The molecule has 0 aliphatic rings. The summed E-state index contributed by atoms with van der Waals surface area (Å²) in [5.74, 6) is 2.94. The normalized spacial score (nSPS) is 11.2. The van der Waals surface area contributed by atoms with Crippen molar-refractivity contribution in [2.75, 3.05) is 18.1 Å². The first-order valence-corrected chi connectivity index (χ1v) is 11.3. The molecule has 0 atom stereocenters. The first kappa shape index (κ1) is 23.4. The monoisotopic (exact) mass is 434 g/mol. The number of hydrogen-bond donors (Lipinski definition) is 2. The number of ether oxygens (including phenoxy) is 2. The molecule has 1 aromatic heterocycles. The third kappa shape index (κ3) is 5.49. The number of benzene rings is 2. The van der Waals surface area contributed by atoms with Crippen LogP contribution < -0.4 is 20.9 Å². The van der Waals surface area contributed by atoms with Crippen molar-refractivity contribution < 1.29 is 9.47 Å². The van der Waals surface area contributed by atoms with Crippen molar-refractivity contribution in [1.29, 1.82) is 0 Å². The van der Waals surface area contributed by atoms with E-state index in [1.807, 2.05) is 6.07 Å². The van der Waals surface area contributed by atoms with Gasteiger partial charge in [0.1, 0.15) is 11.5 Å². The molecule has 0 spiro atoms. The van der Waals surface area contributed by atoms with Gasteiger partial charge >= 0.3 is 0 Å². The smallest absolute Gasteiger partial charge is 0.222 e. The molecule has 0 saturated carbocycles. The lowest BCUT2D eigenvalue weighted by atomic mass is 9.94. The molecule has 0 radical (unpaired) electrons. The van der Waals surface area contributed by atoms with Crippen LogP contribution in [-0.2, 0) is 0 Å². The number of rotatable bonds is 9. The van der Waals surface area contributed by atoms with Gasteiger partial charge in [-0.3, -0.25) is 0 Å². The van der Waals surface area contributed by atoms with Crippen molar-refractivity contribution >= 4 is 11.8 Å².